The van der Waals surface area contributed by atoms with Crippen LogP contribution < -0.4 is 0 Å². The Hall–Kier alpha value is -1.83. The third-order valence-corrected chi connectivity index (χ3v) is 12.7. The predicted octanol–water partition coefficient (Wildman–Crippen LogP) is 8.02. The molecule has 1 aromatic rings. The molecular weight excluding hydrogens is 572 g/mol. The van der Waals surface area contributed by atoms with E-state index in [9.17, 15) is 23.1 Å². The second-order valence-corrected chi connectivity index (χ2v) is 16.2. The monoisotopic (exact) mass is 626 g/mol. The van der Waals surface area contributed by atoms with Gasteiger partial charge in [-0.25, -0.2) is 0 Å². The lowest BCUT2D eigenvalue weighted by Gasteiger charge is -2.53. The van der Waals surface area contributed by atoms with Gasteiger partial charge in [-0.05, 0) is 73.8 Å². The average molecular weight is 627 g/mol. The minimum atomic E-state index is -3.52. The molecule has 4 aliphatic carbocycles. The maximum absolute atomic E-state index is 13.1. The van der Waals surface area contributed by atoms with E-state index in [0.29, 0.717) is 42.8 Å². The van der Waals surface area contributed by atoms with Crippen molar-refractivity contribution in [1.82, 2.24) is 0 Å². The van der Waals surface area contributed by atoms with Gasteiger partial charge in [0.25, 0.3) is 10.1 Å². The maximum atomic E-state index is 13.1. The number of rotatable bonds is 16. The van der Waals surface area contributed by atoms with Gasteiger partial charge in [-0.2, -0.15) is 8.42 Å². The highest BCUT2D eigenvalue weighted by molar-refractivity contribution is 7.85. The second-order valence-electron chi connectivity index (χ2n) is 14.5. The highest BCUT2D eigenvalue weighted by atomic mass is 32.2. The number of fused-ring (bicyclic) bond motifs is 4. The largest absolute Gasteiger partial charge is 0.385 e. The summed E-state index contributed by atoms with van der Waals surface area (Å²) >= 11 is 0. The molecule has 3 saturated carbocycles. The second kappa shape index (κ2) is 14.7. The van der Waals surface area contributed by atoms with E-state index in [0.717, 1.165) is 63.4 Å². The zero-order chi connectivity index (χ0) is 31.2. The maximum Gasteiger partial charge on any atom is 0.271 e. The molecule has 5 rings (SSSR count). The Bertz CT molecular complexity index is 1290. The first-order valence-corrected chi connectivity index (χ1v) is 19.1. The average Bonchev–Trinajstić information content (AvgIpc) is 3.28. The van der Waals surface area contributed by atoms with Crippen molar-refractivity contribution in [3.8, 4) is 0 Å². The summed E-state index contributed by atoms with van der Waals surface area (Å²) in [6, 6.07) is 9.15. The zero-order valence-corrected chi connectivity index (χ0v) is 27.7. The number of benzene rings is 1. The lowest BCUT2D eigenvalue weighted by Crippen LogP contribution is -2.50. The first-order valence-electron chi connectivity index (χ1n) is 17.5. The fourth-order valence-corrected chi connectivity index (χ4v) is 10.3. The molecule has 3 fully saturated rings. The summed E-state index contributed by atoms with van der Waals surface area (Å²) in [6.45, 7) is 2.49. The minimum absolute atomic E-state index is 0.0705. The Morgan fingerprint density at radius 2 is 1.52 bits per heavy atom. The summed E-state index contributed by atoms with van der Waals surface area (Å²) in [5.41, 5.74) is 2.29. The standard InChI is InChI=1S/C37H54O6S/c1-36-25-29(35-31(32(36)20-21-34(36)39)22-23-37(40)26-30(38)18-19-33(35)37)17-13-8-6-4-2-3-5-7-9-14-24-43-44(41,42)27-28-15-11-10-12-16-28/h10-12,15-16,29,31-32,40H,2-9,13-14,17-27H2,1H3/t29?,31-,32-,36-,37?/m0/s1. The minimum Gasteiger partial charge on any atom is -0.385 e. The van der Waals surface area contributed by atoms with Crippen LogP contribution in [-0.2, 0) is 29.6 Å². The molecule has 6 nitrogen and oxygen atoms in total. The van der Waals surface area contributed by atoms with Crippen molar-refractivity contribution < 1.29 is 27.3 Å². The van der Waals surface area contributed by atoms with E-state index in [4.69, 9.17) is 4.18 Å². The molecule has 0 spiro atoms. The summed E-state index contributed by atoms with van der Waals surface area (Å²) < 4.78 is 29.4. The Kier molecular flexibility index (Phi) is 11.2. The van der Waals surface area contributed by atoms with Gasteiger partial charge in [0.15, 0.2) is 0 Å². The number of Topliss-reactive ketones (excluding diaryl/α,β-unsaturated/α-hetero) is 2. The predicted molar refractivity (Wildman–Crippen MR) is 173 cm³/mol. The van der Waals surface area contributed by atoms with Crippen molar-refractivity contribution in [3.63, 3.8) is 0 Å². The van der Waals surface area contributed by atoms with Gasteiger partial charge in [0.1, 0.15) is 17.3 Å². The van der Waals surface area contributed by atoms with Crippen LogP contribution in [0.3, 0.4) is 0 Å². The fraction of sp³-hybridized carbons (Fsp3) is 0.730. The molecule has 0 saturated heterocycles. The third kappa shape index (κ3) is 7.93. The molecule has 0 aliphatic heterocycles. The van der Waals surface area contributed by atoms with Gasteiger partial charge in [-0.3, -0.25) is 13.8 Å². The van der Waals surface area contributed by atoms with E-state index in [1.54, 1.807) is 12.1 Å². The third-order valence-electron chi connectivity index (χ3n) is 11.5. The van der Waals surface area contributed by atoms with Crippen molar-refractivity contribution >= 4 is 21.7 Å². The fourth-order valence-electron chi connectivity index (χ4n) is 9.21. The van der Waals surface area contributed by atoms with Crippen LogP contribution in [-0.4, -0.2) is 37.3 Å². The molecule has 2 unspecified atom stereocenters. The summed E-state index contributed by atoms with van der Waals surface area (Å²) in [5, 5.41) is 11.6. The van der Waals surface area contributed by atoms with E-state index in [-0.39, 0.29) is 30.0 Å². The number of unbranched alkanes of at least 4 members (excludes halogenated alkanes) is 9. The number of carbonyl (C=O) groups is 2. The number of carbonyl (C=O) groups excluding carboxylic acids is 2. The van der Waals surface area contributed by atoms with Gasteiger partial charge in [0.05, 0.1) is 12.2 Å². The summed E-state index contributed by atoms with van der Waals surface area (Å²) in [4.78, 5) is 25.3. The number of hydrogen-bond donors (Lipinski definition) is 1. The molecule has 7 heteroatoms. The van der Waals surface area contributed by atoms with Crippen molar-refractivity contribution in [3.05, 3.63) is 47.0 Å². The SMILES string of the molecule is C[C@]12CC(CCCCCCCCCCCCOS(=O)(=O)Cc3ccccc3)C3=C4CCC(=O)CC4(O)CC[C@H]3[C@@H]1CCC2=O. The van der Waals surface area contributed by atoms with Gasteiger partial charge >= 0.3 is 0 Å². The van der Waals surface area contributed by atoms with Crippen molar-refractivity contribution in [2.24, 2.45) is 23.2 Å². The van der Waals surface area contributed by atoms with E-state index in [1.807, 2.05) is 18.2 Å². The molecule has 4 aliphatic rings. The molecule has 0 heterocycles. The Morgan fingerprint density at radius 1 is 0.864 bits per heavy atom. The number of ketones is 2. The van der Waals surface area contributed by atoms with Gasteiger partial charge in [0, 0.05) is 24.7 Å². The molecule has 0 bridgehead atoms. The lowest BCUT2D eigenvalue weighted by atomic mass is 9.52. The van der Waals surface area contributed by atoms with Crippen molar-refractivity contribution in [2.75, 3.05) is 6.61 Å². The van der Waals surface area contributed by atoms with Crippen LogP contribution in [0.25, 0.3) is 0 Å². The van der Waals surface area contributed by atoms with Crippen LogP contribution in [0.5, 0.6) is 0 Å². The molecule has 5 atom stereocenters. The van der Waals surface area contributed by atoms with Gasteiger partial charge in [0.2, 0.25) is 0 Å². The first kappa shape index (κ1) is 33.5. The molecule has 244 valence electrons. The number of allylic oxidation sites excluding steroid dienone is 1. The van der Waals surface area contributed by atoms with E-state index >= 15 is 0 Å². The highest BCUT2D eigenvalue weighted by Crippen LogP contribution is 2.62. The molecule has 44 heavy (non-hydrogen) atoms. The van der Waals surface area contributed by atoms with E-state index in [2.05, 4.69) is 6.92 Å². The van der Waals surface area contributed by atoms with Gasteiger partial charge in [-0.15, -0.1) is 0 Å². The van der Waals surface area contributed by atoms with Crippen LogP contribution in [0.15, 0.2) is 41.5 Å². The zero-order valence-electron chi connectivity index (χ0n) is 26.9. The molecule has 1 N–H and O–H groups in total. The normalized spacial score (nSPS) is 30.3. The van der Waals surface area contributed by atoms with Crippen LogP contribution in [0.2, 0.25) is 0 Å². The Labute approximate surface area is 265 Å². The Morgan fingerprint density at radius 3 is 2.23 bits per heavy atom. The summed E-state index contributed by atoms with van der Waals surface area (Å²) in [5.74, 6) is 1.78. The van der Waals surface area contributed by atoms with Crippen LogP contribution >= 0.6 is 0 Å². The number of hydrogen-bond acceptors (Lipinski definition) is 6. The highest BCUT2D eigenvalue weighted by Gasteiger charge is 2.58. The van der Waals surface area contributed by atoms with E-state index < -0.39 is 15.7 Å². The molecule has 0 aromatic heterocycles. The van der Waals surface area contributed by atoms with Crippen LogP contribution in [0.1, 0.15) is 134 Å². The smallest absolute Gasteiger partial charge is 0.271 e. The van der Waals surface area contributed by atoms with Crippen LogP contribution in [0, 0.1) is 23.2 Å². The van der Waals surface area contributed by atoms with Gasteiger partial charge in [-0.1, -0.05) is 101 Å². The van der Waals surface area contributed by atoms with Gasteiger partial charge < -0.3 is 5.11 Å². The topological polar surface area (TPSA) is 97.7 Å². The summed E-state index contributed by atoms with van der Waals surface area (Å²) in [7, 11) is -3.52. The first-order chi connectivity index (χ1) is 21.1. The van der Waals surface area contributed by atoms with Crippen LogP contribution in [0.4, 0.5) is 0 Å². The molecule has 1 aromatic carbocycles. The van der Waals surface area contributed by atoms with Crippen molar-refractivity contribution in [2.45, 2.75) is 140 Å². The van der Waals surface area contributed by atoms with E-state index in [1.165, 1.54) is 49.7 Å². The Balaban J connectivity index is 0.981. The molecular formula is C37H54O6S. The molecule has 0 amide bonds. The summed E-state index contributed by atoms with van der Waals surface area (Å²) in [6.07, 6.45) is 18.2. The van der Waals surface area contributed by atoms with Crippen molar-refractivity contribution in [1.29, 1.82) is 0 Å². The lowest BCUT2D eigenvalue weighted by molar-refractivity contribution is -0.129. The quantitative estimate of drug-likeness (QED) is 0.113. The number of aliphatic hydroxyl groups is 1. The molecule has 0 radical (unpaired) electrons.